The second-order valence-corrected chi connectivity index (χ2v) is 7.15. The molecular formula is C21H20N2OS. The summed E-state index contributed by atoms with van der Waals surface area (Å²) in [6, 6.07) is 16.5. The van der Waals surface area contributed by atoms with Crippen LogP contribution >= 0.6 is 11.3 Å². The standard InChI is InChI=1S/C21H20N2OS/c1-15-6-8-18(9-7-15)13-19-14-22-21(25-19)23-20(24)11-10-17-5-3-4-16(2)12-17/h3-12,14H,13H2,1-2H3,(H,22,23,24). The maximum atomic E-state index is 12.0. The van der Waals surface area contributed by atoms with Crippen LogP contribution in [0, 0.1) is 13.8 Å². The highest BCUT2D eigenvalue weighted by Gasteiger charge is 2.05. The summed E-state index contributed by atoms with van der Waals surface area (Å²) in [4.78, 5) is 17.5. The minimum atomic E-state index is -0.169. The molecule has 0 aliphatic heterocycles. The summed E-state index contributed by atoms with van der Waals surface area (Å²) in [5, 5.41) is 3.45. The third kappa shape index (κ3) is 5.13. The van der Waals surface area contributed by atoms with Crippen LogP contribution in [0.15, 0.2) is 60.8 Å². The van der Waals surface area contributed by atoms with Gasteiger partial charge in [-0.1, -0.05) is 59.7 Å². The third-order valence-electron chi connectivity index (χ3n) is 3.75. The number of amides is 1. The first-order valence-corrected chi connectivity index (χ1v) is 8.96. The number of aryl methyl sites for hydroxylation is 2. The van der Waals surface area contributed by atoms with Crippen LogP contribution < -0.4 is 5.32 Å². The SMILES string of the molecule is Cc1ccc(Cc2cnc(NC(=O)C=Cc3cccc(C)c3)s2)cc1. The van der Waals surface area contributed by atoms with Crippen molar-refractivity contribution >= 4 is 28.5 Å². The Morgan fingerprint density at radius 1 is 1.12 bits per heavy atom. The molecule has 0 spiro atoms. The summed E-state index contributed by atoms with van der Waals surface area (Å²) in [6.07, 6.45) is 6.00. The highest BCUT2D eigenvalue weighted by molar-refractivity contribution is 7.15. The van der Waals surface area contributed by atoms with E-state index in [-0.39, 0.29) is 5.91 Å². The molecule has 3 rings (SSSR count). The van der Waals surface area contributed by atoms with Crippen molar-refractivity contribution in [2.45, 2.75) is 20.3 Å². The summed E-state index contributed by atoms with van der Waals surface area (Å²) < 4.78 is 0. The zero-order chi connectivity index (χ0) is 17.6. The van der Waals surface area contributed by atoms with E-state index in [4.69, 9.17) is 0 Å². The van der Waals surface area contributed by atoms with Crippen molar-refractivity contribution in [3.63, 3.8) is 0 Å². The van der Waals surface area contributed by atoms with E-state index < -0.39 is 0 Å². The average molecular weight is 348 g/mol. The van der Waals surface area contributed by atoms with Crippen LogP contribution in [0.3, 0.4) is 0 Å². The first-order valence-electron chi connectivity index (χ1n) is 8.14. The zero-order valence-corrected chi connectivity index (χ0v) is 15.1. The van der Waals surface area contributed by atoms with Crippen molar-refractivity contribution < 1.29 is 4.79 Å². The van der Waals surface area contributed by atoms with E-state index >= 15 is 0 Å². The number of rotatable bonds is 5. The van der Waals surface area contributed by atoms with E-state index in [2.05, 4.69) is 41.5 Å². The van der Waals surface area contributed by atoms with Crippen molar-refractivity contribution in [3.05, 3.63) is 87.9 Å². The van der Waals surface area contributed by atoms with Crippen LogP contribution in [0.2, 0.25) is 0 Å². The van der Waals surface area contributed by atoms with Gasteiger partial charge in [0.25, 0.3) is 0 Å². The molecule has 0 saturated carbocycles. The number of carbonyl (C=O) groups is 1. The van der Waals surface area contributed by atoms with Crippen LogP contribution in [-0.4, -0.2) is 10.9 Å². The van der Waals surface area contributed by atoms with Crippen LogP contribution in [0.1, 0.15) is 27.1 Å². The maximum absolute atomic E-state index is 12.0. The maximum Gasteiger partial charge on any atom is 0.250 e. The third-order valence-corrected chi connectivity index (χ3v) is 4.66. The number of hydrogen-bond donors (Lipinski definition) is 1. The fraction of sp³-hybridized carbons (Fsp3) is 0.143. The van der Waals surface area contributed by atoms with Gasteiger partial charge in [-0.2, -0.15) is 0 Å². The number of benzene rings is 2. The first-order chi connectivity index (χ1) is 12.1. The Labute approximate surface area is 152 Å². The van der Waals surface area contributed by atoms with E-state index in [1.54, 1.807) is 0 Å². The molecule has 0 bridgehead atoms. The molecule has 0 fully saturated rings. The minimum absolute atomic E-state index is 0.169. The first kappa shape index (κ1) is 17.1. The second-order valence-electron chi connectivity index (χ2n) is 6.03. The summed E-state index contributed by atoms with van der Waals surface area (Å²) >= 11 is 1.51. The fourth-order valence-electron chi connectivity index (χ4n) is 2.45. The number of anilines is 1. The predicted molar refractivity (Wildman–Crippen MR) is 105 cm³/mol. The normalized spacial score (nSPS) is 11.0. The molecule has 0 aliphatic rings. The van der Waals surface area contributed by atoms with Crippen LogP contribution in [-0.2, 0) is 11.2 Å². The van der Waals surface area contributed by atoms with Crippen LogP contribution in [0.4, 0.5) is 5.13 Å². The van der Waals surface area contributed by atoms with Gasteiger partial charge in [-0.3, -0.25) is 10.1 Å². The summed E-state index contributed by atoms with van der Waals surface area (Å²) in [6.45, 7) is 4.11. The lowest BCUT2D eigenvalue weighted by Gasteiger charge is -1.99. The molecule has 2 aromatic carbocycles. The highest BCUT2D eigenvalue weighted by atomic mass is 32.1. The zero-order valence-electron chi connectivity index (χ0n) is 14.3. The highest BCUT2D eigenvalue weighted by Crippen LogP contribution is 2.21. The molecule has 0 saturated heterocycles. The Hall–Kier alpha value is -2.72. The average Bonchev–Trinajstić information content (AvgIpc) is 3.02. The van der Waals surface area contributed by atoms with Crippen LogP contribution in [0.25, 0.3) is 6.08 Å². The van der Waals surface area contributed by atoms with E-state index in [0.717, 1.165) is 16.9 Å². The van der Waals surface area contributed by atoms with Gasteiger partial charge in [0, 0.05) is 23.6 Å². The van der Waals surface area contributed by atoms with Gasteiger partial charge in [0.15, 0.2) is 5.13 Å². The van der Waals surface area contributed by atoms with Gasteiger partial charge in [-0.25, -0.2) is 4.98 Å². The molecule has 3 aromatic rings. The van der Waals surface area contributed by atoms with E-state index in [9.17, 15) is 4.79 Å². The van der Waals surface area contributed by atoms with Crippen molar-refractivity contribution in [2.75, 3.05) is 5.32 Å². The van der Waals surface area contributed by atoms with E-state index in [1.807, 2.05) is 43.5 Å². The van der Waals surface area contributed by atoms with E-state index in [1.165, 1.54) is 34.1 Å². The van der Waals surface area contributed by atoms with Crippen LogP contribution in [0.5, 0.6) is 0 Å². The topological polar surface area (TPSA) is 42.0 Å². The molecule has 0 unspecified atom stereocenters. The molecule has 0 radical (unpaired) electrons. The molecule has 1 aromatic heterocycles. The number of hydrogen-bond acceptors (Lipinski definition) is 3. The molecular weight excluding hydrogens is 328 g/mol. The lowest BCUT2D eigenvalue weighted by atomic mass is 10.1. The molecule has 4 heteroatoms. The minimum Gasteiger partial charge on any atom is -0.298 e. The monoisotopic (exact) mass is 348 g/mol. The lowest BCUT2D eigenvalue weighted by molar-refractivity contribution is -0.111. The van der Waals surface area contributed by atoms with Gasteiger partial charge in [0.2, 0.25) is 5.91 Å². The van der Waals surface area contributed by atoms with Crippen molar-refractivity contribution in [1.82, 2.24) is 4.98 Å². The van der Waals surface area contributed by atoms with Crippen molar-refractivity contribution in [1.29, 1.82) is 0 Å². The largest absolute Gasteiger partial charge is 0.298 e. The molecule has 0 aliphatic carbocycles. The quantitative estimate of drug-likeness (QED) is 0.659. The van der Waals surface area contributed by atoms with Gasteiger partial charge < -0.3 is 0 Å². The summed E-state index contributed by atoms with van der Waals surface area (Å²) in [5.74, 6) is -0.169. The predicted octanol–water partition coefficient (Wildman–Crippen LogP) is 5.00. The number of thiazole rings is 1. The Bertz CT molecular complexity index is 894. The van der Waals surface area contributed by atoms with Gasteiger partial charge >= 0.3 is 0 Å². The van der Waals surface area contributed by atoms with Gasteiger partial charge in [0.1, 0.15) is 0 Å². The molecule has 1 heterocycles. The van der Waals surface area contributed by atoms with E-state index in [0.29, 0.717) is 5.13 Å². The Morgan fingerprint density at radius 3 is 2.68 bits per heavy atom. The molecule has 0 atom stereocenters. The number of carbonyl (C=O) groups excluding carboxylic acids is 1. The second kappa shape index (κ2) is 7.90. The number of nitrogens with zero attached hydrogens (tertiary/aromatic N) is 1. The van der Waals surface area contributed by atoms with Gasteiger partial charge in [-0.05, 0) is 31.1 Å². The summed E-state index contributed by atoms with van der Waals surface area (Å²) in [7, 11) is 0. The van der Waals surface area contributed by atoms with Crippen molar-refractivity contribution in [3.8, 4) is 0 Å². The number of nitrogens with one attached hydrogen (secondary N) is 1. The van der Waals surface area contributed by atoms with Gasteiger partial charge in [-0.15, -0.1) is 11.3 Å². The smallest absolute Gasteiger partial charge is 0.250 e. The van der Waals surface area contributed by atoms with Gasteiger partial charge in [0.05, 0.1) is 0 Å². The molecule has 3 nitrogen and oxygen atoms in total. The fourth-order valence-corrected chi connectivity index (χ4v) is 3.30. The summed E-state index contributed by atoms with van der Waals surface area (Å²) in [5.41, 5.74) is 4.67. The Balaban J connectivity index is 1.59. The van der Waals surface area contributed by atoms with Crippen molar-refractivity contribution in [2.24, 2.45) is 0 Å². The molecule has 1 N–H and O–H groups in total. The lowest BCUT2D eigenvalue weighted by Crippen LogP contribution is -2.07. The molecule has 1 amide bonds. The molecule has 25 heavy (non-hydrogen) atoms. The Kier molecular flexibility index (Phi) is 5.41. The number of aromatic nitrogens is 1. The molecule has 126 valence electrons. The Morgan fingerprint density at radius 2 is 1.92 bits per heavy atom.